The van der Waals surface area contributed by atoms with Crippen LogP contribution in [-0.2, 0) is 14.4 Å². The van der Waals surface area contributed by atoms with Crippen LogP contribution in [0.25, 0.3) is 0 Å². The summed E-state index contributed by atoms with van der Waals surface area (Å²) in [6, 6.07) is -0.126. The lowest BCUT2D eigenvalue weighted by Crippen LogP contribution is -2.48. The number of piperidine rings is 1. The second kappa shape index (κ2) is 6.37. The van der Waals surface area contributed by atoms with Gasteiger partial charge in [0.25, 0.3) is 0 Å². The highest BCUT2D eigenvalue weighted by molar-refractivity contribution is 5.88. The van der Waals surface area contributed by atoms with Crippen LogP contribution in [-0.4, -0.2) is 46.9 Å². The Hall–Kier alpha value is -1.59. The van der Waals surface area contributed by atoms with E-state index in [4.69, 9.17) is 5.11 Å². The van der Waals surface area contributed by atoms with Gasteiger partial charge < -0.3 is 15.3 Å². The summed E-state index contributed by atoms with van der Waals surface area (Å²) in [5.41, 5.74) is 0. The minimum atomic E-state index is -1.02. The molecule has 102 valence electrons. The molecule has 2 amide bonds. The first-order valence-corrected chi connectivity index (χ1v) is 6.24. The zero-order valence-electron chi connectivity index (χ0n) is 10.8. The molecule has 0 unspecified atom stereocenters. The first-order chi connectivity index (χ1) is 8.45. The normalized spacial score (nSPS) is 21.0. The van der Waals surface area contributed by atoms with Crippen LogP contribution in [0.3, 0.4) is 0 Å². The molecule has 1 aliphatic heterocycles. The van der Waals surface area contributed by atoms with Crippen molar-refractivity contribution in [1.82, 2.24) is 10.2 Å². The summed E-state index contributed by atoms with van der Waals surface area (Å²) in [5, 5.41) is 11.5. The monoisotopic (exact) mass is 256 g/mol. The Balaban J connectivity index is 2.74. The Morgan fingerprint density at radius 1 is 1.56 bits per heavy atom. The Morgan fingerprint density at radius 3 is 2.72 bits per heavy atom. The fourth-order valence-corrected chi connectivity index (χ4v) is 2.05. The molecule has 1 fully saturated rings. The molecule has 0 aromatic carbocycles. The van der Waals surface area contributed by atoms with E-state index in [0.717, 1.165) is 0 Å². The minimum absolute atomic E-state index is 0.126. The molecule has 0 aromatic rings. The van der Waals surface area contributed by atoms with Crippen LogP contribution in [0.1, 0.15) is 33.1 Å². The van der Waals surface area contributed by atoms with Gasteiger partial charge in [0, 0.05) is 24.9 Å². The molecule has 2 atom stereocenters. The van der Waals surface area contributed by atoms with Crippen molar-refractivity contribution in [3.8, 4) is 0 Å². The summed E-state index contributed by atoms with van der Waals surface area (Å²) < 4.78 is 0. The number of hydrogen-bond donors (Lipinski definition) is 2. The largest absolute Gasteiger partial charge is 0.480 e. The maximum atomic E-state index is 12.3. The molecule has 0 bridgehead atoms. The smallest absolute Gasteiger partial charge is 0.323 e. The van der Waals surface area contributed by atoms with Gasteiger partial charge in [-0.1, -0.05) is 6.92 Å². The molecule has 0 aromatic heterocycles. The Bertz CT molecular complexity index is 343. The van der Waals surface area contributed by atoms with E-state index in [0.29, 0.717) is 19.4 Å². The minimum Gasteiger partial charge on any atom is -0.480 e. The van der Waals surface area contributed by atoms with E-state index in [9.17, 15) is 14.4 Å². The average Bonchev–Trinajstić information content (AvgIpc) is 2.34. The average molecular weight is 256 g/mol. The molecular formula is C12H20N2O4. The zero-order valence-corrected chi connectivity index (χ0v) is 10.8. The van der Waals surface area contributed by atoms with E-state index in [1.54, 1.807) is 0 Å². The van der Waals surface area contributed by atoms with E-state index >= 15 is 0 Å². The van der Waals surface area contributed by atoms with Crippen LogP contribution in [0.4, 0.5) is 0 Å². The summed E-state index contributed by atoms with van der Waals surface area (Å²) >= 11 is 0. The van der Waals surface area contributed by atoms with Gasteiger partial charge in [-0.15, -0.1) is 0 Å². The molecule has 1 heterocycles. The third-order valence-corrected chi connectivity index (χ3v) is 3.31. The third kappa shape index (κ3) is 3.72. The van der Waals surface area contributed by atoms with Gasteiger partial charge in [-0.3, -0.25) is 14.4 Å². The summed E-state index contributed by atoms with van der Waals surface area (Å²) in [4.78, 5) is 35.7. The van der Waals surface area contributed by atoms with Crippen LogP contribution >= 0.6 is 0 Å². The quantitative estimate of drug-likeness (QED) is 0.737. The summed E-state index contributed by atoms with van der Waals surface area (Å²) in [6.45, 7) is 3.91. The standard InChI is InChI=1S/C12H20N2O4/c1-3-8(2)14(7-11(16)17)12(18)9-4-5-13-10(15)6-9/h8-9H,3-7H2,1-2H3,(H,13,15)(H,16,17)/t8-,9-/m0/s1. The van der Waals surface area contributed by atoms with Gasteiger partial charge in [-0.05, 0) is 19.8 Å². The lowest BCUT2D eigenvalue weighted by atomic mass is 9.95. The van der Waals surface area contributed by atoms with Crippen LogP contribution < -0.4 is 5.32 Å². The van der Waals surface area contributed by atoms with Crippen LogP contribution in [0, 0.1) is 5.92 Å². The van der Waals surface area contributed by atoms with E-state index < -0.39 is 5.97 Å². The highest BCUT2D eigenvalue weighted by Crippen LogP contribution is 2.18. The number of amides is 2. The van der Waals surface area contributed by atoms with Gasteiger partial charge in [-0.25, -0.2) is 0 Å². The molecule has 0 spiro atoms. The second-order valence-corrected chi connectivity index (χ2v) is 4.66. The third-order valence-electron chi connectivity index (χ3n) is 3.31. The molecule has 0 aliphatic carbocycles. The van der Waals surface area contributed by atoms with E-state index in [1.807, 2.05) is 13.8 Å². The topological polar surface area (TPSA) is 86.7 Å². The number of nitrogens with one attached hydrogen (secondary N) is 1. The van der Waals surface area contributed by atoms with Gasteiger partial charge in [0.2, 0.25) is 11.8 Å². The number of carboxylic acid groups (broad SMARTS) is 1. The highest BCUT2D eigenvalue weighted by Gasteiger charge is 2.31. The molecule has 2 N–H and O–H groups in total. The van der Waals surface area contributed by atoms with Crippen molar-refractivity contribution in [1.29, 1.82) is 0 Å². The van der Waals surface area contributed by atoms with Gasteiger partial charge in [0.15, 0.2) is 0 Å². The highest BCUT2D eigenvalue weighted by atomic mass is 16.4. The van der Waals surface area contributed by atoms with Gasteiger partial charge >= 0.3 is 5.97 Å². The summed E-state index contributed by atoms with van der Waals surface area (Å²) in [7, 11) is 0. The predicted octanol–water partition coefficient (Wildman–Crippen LogP) is 0.224. The fraction of sp³-hybridized carbons (Fsp3) is 0.750. The van der Waals surface area contributed by atoms with Crippen LogP contribution in [0.5, 0.6) is 0 Å². The molecule has 1 saturated heterocycles. The number of hydrogen-bond acceptors (Lipinski definition) is 3. The molecule has 6 heteroatoms. The van der Waals surface area contributed by atoms with Crippen molar-refractivity contribution in [2.75, 3.05) is 13.1 Å². The first-order valence-electron chi connectivity index (χ1n) is 6.24. The lowest BCUT2D eigenvalue weighted by Gasteiger charge is -2.32. The first kappa shape index (κ1) is 14.5. The van der Waals surface area contributed by atoms with Crippen molar-refractivity contribution in [3.63, 3.8) is 0 Å². The van der Waals surface area contributed by atoms with Crippen molar-refractivity contribution in [2.24, 2.45) is 5.92 Å². The van der Waals surface area contributed by atoms with Crippen molar-refractivity contribution >= 4 is 17.8 Å². The van der Waals surface area contributed by atoms with E-state index in [1.165, 1.54) is 4.90 Å². The van der Waals surface area contributed by atoms with Crippen molar-refractivity contribution in [2.45, 2.75) is 39.2 Å². The maximum absolute atomic E-state index is 12.3. The lowest BCUT2D eigenvalue weighted by molar-refractivity contribution is -0.149. The molecular weight excluding hydrogens is 236 g/mol. The fourth-order valence-electron chi connectivity index (χ4n) is 2.05. The summed E-state index contributed by atoms with van der Waals surface area (Å²) in [6.07, 6.45) is 1.43. The van der Waals surface area contributed by atoms with Gasteiger partial charge in [0.1, 0.15) is 6.54 Å². The van der Waals surface area contributed by atoms with Crippen molar-refractivity contribution in [3.05, 3.63) is 0 Å². The predicted molar refractivity (Wildman–Crippen MR) is 64.8 cm³/mol. The van der Waals surface area contributed by atoms with Crippen LogP contribution in [0.15, 0.2) is 0 Å². The molecule has 0 radical (unpaired) electrons. The Kier molecular flexibility index (Phi) is 5.12. The molecule has 0 saturated carbocycles. The number of carbonyl (C=O) groups is 3. The molecule has 1 aliphatic rings. The summed E-state index contributed by atoms with van der Waals surface area (Å²) in [5.74, 6) is -1.77. The Morgan fingerprint density at radius 2 is 2.22 bits per heavy atom. The number of aliphatic carboxylic acids is 1. The van der Waals surface area contributed by atoms with Gasteiger partial charge in [-0.2, -0.15) is 0 Å². The SMILES string of the molecule is CC[C@H](C)N(CC(=O)O)C(=O)[C@H]1CCNC(=O)C1. The zero-order chi connectivity index (χ0) is 13.7. The second-order valence-electron chi connectivity index (χ2n) is 4.66. The molecule has 18 heavy (non-hydrogen) atoms. The van der Waals surface area contributed by atoms with E-state index in [-0.39, 0.29) is 36.7 Å². The Labute approximate surface area is 106 Å². The van der Waals surface area contributed by atoms with Crippen molar-refractivity contribution < 1.29 is 19.5 Å². The number of nitrogens with zero attached hydrogens (tertiary/aromatic N) is 1. The maximum Gasteiger partial charge on any atom is 0.323 e. The van der Waals surface area contributed by atoms with Crippen LogP contribution in [0.2, 0.25) is 0 Å². The molecule has 1 rings (SSSR count). The number of carbonyl (C=O) groups excluding carboxylic acids is 2. The van der Waals surface area contributed by atoms with E-state index in [2.05, 4.69) is 5.32 Å². The number of rotatable bonds is 5. The molecule has 6 nitrogen and oxygen atoms in total. The van der Waals surface area contributed by atoms with Gasteiger partial charge in [0.05, 0.1) is 0 Å². The number of carboxylic acids is 1.